The minimum Gasteiger partial charge on any atom is -0.475 e. The van der Waals surface area contributed by atoms with Crippen molar-refractivity contribution in [2.24, 2.45) is 0 Å². The topological polar surface area (TPSA) is 81.7 Å². The first kappa shape index (κ1) is 18.1. The summed E-state index contributed by atoms with van der Waals surface area (Å²) < 4.78 is 17.4. The van der Waals surface area contributed by atoms with Crippen molar-refractivity contribution in [2.75, 3.05) is 32.9 Å². The van der Waals surface area contributed by atoms with Gasteiger partial charge in [-0.1, -0.05) is 0 Å². The Bertz CT molecular complexity index is 589. The number of nitrogens with zero attached hydrogens (tertiary/aromatic N) is 1. The predicted octanol–water partition coefficient (Wildman–Crippen LogP) is 0.811. The Hall–Kier alpha value is -1.70. The van der Waals surface area contributed by atoms with E-state index >= 15 is 0 Å². The molecule has 0 bridgehead atoms. The van der Waals surface area contributed by atoms with Gasteiger partial charge in [0.05, 0.1) is 24.9 Å². The standard InChI is InChI=1S/C18H27N3O4/c1-3-24-16-12-23-11-14(16)21-17(22)18(6-9-19-10-7-18)25-15-5-4-8-20-13(15)2/h4-5,8,14,16,19H,3,6-7,9-12H2,1-2H3,(H,21,22). The van der Waals surface area contributed by atoms with Crippen LogP contribution < -0.4 is 15.4 Å². The highest BCUT2D eigenvalue weighted by molar-refractivity contribution is 5.86. The Balaban J connectivity index is 1.75. The minimum atomic E-state index is -0.890. The molecule has 7 nitrogen and oxygen atoms in total. The zero-order valence-electron chi connectivity index (χ0n) is 14.9. The normalized spacial score (nSPS) is 25.5. The molecule has 0 saturated carbocycles. The lowest BCUT2D eigenvalue weighted by molar-refractivity contribution is -0.140. The smallest absolute Gasteiger partial charge is 0.264 e. The quantitative estimate of drug-likeness (QED) is 0.791. The van der Waals surface area contributed by atoms with E-state index in [1.807, 2.05) is 26.0 Å². The molecule has 2 atom stereocenters. The maximum atomic E-state index is 13.1. The van der Waals surface area contributed by atoms with Crippen LogP contribution in [-0.4, -0.2) is 61.5 Å². The molecule has 2 aliphatic rings. The Morgan fingerprint density at radius 3 is 2.96 bits per heavy atom. The Morgan fingerprint density at radius 2 is 2.24 bits per heavy atom. The maximum absolute atomic E-state index is 13.1. The number of rotatable bonds is 6. The fourth-order valence-electron chi connectivity index (χ4n) is 3.34. The summed E-state index contributed by atoms with van der Waals surface area (Å²) in [5.41, 5.74) is -0.108. The summed E-state index contributed by atoms with van der Waals surface area (Å²) >= 11 is 0. The first-order valence-corrected chi connectivity index (χ1v) is 8.96. The number of aromatic nitrogens is 1. The van der Waals surface area contributed by atoms with Crippen LogP contribution in [0.25, 0.3) is 0 Å². The van der Waals surface area contributed by atoms with Crippen LogP contribution in [-0.2, 0) is 14.3 Å². The van der Waals surface area contributed by atoms with Crippen molar-refractivity contribution in [1.82, 2.24) is 15.6 Å². The van der Waals surface area contributed by atoms with E-state index in [0.717, 1.165) is 18.8 Å². The third kappa shape index (κ3) is 4.11. The molecule has 2 aliphatic heterocycles. The first-order valence-electron chi connectivity index (χ1n) is 8.96. The number of piperidine rings is 1. The van der Waals surface area contributed by atoms with E-state index in [0.29, 0.717) is 38.4 Å². The van der Waals surface area contributed by atoms with E-state index in [9.17, 15) is 4.79 Å². The van der Waals surface area contributed by atoms with Gasteiger partial charge >= 0.3 is 0 Å². The molecule has 0 radical (unpaired) electrons. The average molecular weight is 349 g/mol. The van der Waals surface area contributed by atoms with Gasteiger partial charge in [-0.25, -0.2) is 0 Å². The van der Waals surface area contributed by atoms with Gasteiger partial charge in [-0.05, 0) is 39.1 Å². The molecule has 1 aromatic heterocycles. The van der Waals surface area contributed by atoms with Crippen LogP contribution in [0.5, 0.6) is 5.75 Å². The van der Waals surface area contributed by atoms with Crippen LogP contribution >= 0.6 is 0 Å². The van der Waals surface area contributed by atoms with Crippen LogP contribution in [0.15, 0.2) is 18.3 Å². The van der Waals surface area contributed by atoms with Crippen LogP contribution in [0.3, 0.4) is 0 Å². The number of aryl methyl sites for hydroxylation is 1. The zero-order chi connectivity index (χ0) is 17.7. The molecular weight excluding hydrogens is 322 g/mol. The van der Waals surface area contributed by atoms with Crippen LogP contribution in [0.2, 0.25) is 0 Å². The molecule has 1 aromatic rings. The largest absolute Gasteiger partial charge is 0.475 e. The van der Waals surface area contributed by atoms with Crippen molar-refractivity contribution in [1.29, 1.82) is 0 Å². The molecule has 0 aromatic carbocycles. The van der Waals surface area contributed by atoms with Crippen molar-refractivity contribution in [3.63, 3.8) is 0 Å². The van der Waals surface area contributed by atoms with Gasteiger partial charge in [-0.2, -0.15) is 0 Å². The van der Waals surface area contributed by atoms with E-state index in [1.165, 1.54) is 0 Å². The van der Waals surface area contributed by atoms with Gasteiger partial charge in [-0.3, -0.25) is 9.78 Å². The van der Waals surface area contributed by atoms with E-state index < -0.39 is 5.60 Å². The second kappa shape index (κ2) is 8.12. The maximum Gasteiger partial charge on any atom is 0.264 e. The molecule has 7 heteroatoms. The lowest BCUT2D eigenvalue weighted by atomic mass is 9.90. The van der Waals surface area contributed by atoms with E-state index in [-0.39, 0.29) is 18.1 Å². The van der Waals surface area contributed by atoms with Crippen molar-refractivity contribution in [2.45, 2.75) is 44.4 Å². The number of hydrogen-bond donors (Lipinski definition) is 2. The number of carbonyl (C=O) groups excluding carboxylic acids is 1. The molecule has 2 N–H and O–H groups in total. The number of nitrogens with one attached hydrogen (secondary N) is 2. The lowest BCUT2D eigenvalue weighted by Gasteiger charge is -2.37. The van der Waals surface area contributed by atoms with Gasteiger partial charge < -0.3 is 24.8 Å². The van der Waals surface area contributed by atoms with Crippen molar-refractivity contribution < 1.29 is 19.0 Å². The number of ether oxygens (including phenoxy) is 3. The predicted molar refractivity (Wildman–Crippen MR) is 92.6 cm³/mol. The lowest BCUT2D eigenvalue weighted by Crippen LogP contribution is -2.59. The van der Waals surface area contributed by atoms with Gasteiger partial charge in [-0.15, -0.1) is 0 Å². The SMILES string of the molecule is CCOC1COCC1NC(=O)C1(Oc2cccnc2C)CCNCC1. The molecule has 0 spiro atoms. The van der Waals surface area contributed by atoms with E-state index in [2.05, 4.69) is 15.6 Å². The molecule has 3 rings (SSSR count). The Labute approximate surface area is 148 Å². The summed E-state index contributed by atoms with van der Waals surface area (Å²) in [6, 6.07) is 3.55. The molecule has 2 saturated heterocycles. The highest BCUT2D eigenvalue weighted by Crippen LogP contribution is 2.29. The molecule has 2 unspecified atom stereocenters. The molecule has 1 amide bonds. The third-order valence-electron chi connectivity index (χ3n) is 4.81. The van der Waals surface area contributed by atoms with Crippen molar-refractivity contribution in [3.05, 3.63) is 24.0 Å². The Kier molecular flexibility index (Phi) is 5.88. The van der Waals surface area contributed by atoms with Crippen molar-refractivity contribution in [3.8, 4) is 5.75 Å². The number of amides is 1. The summed E-state index contributed by atoms with van der Waals surface area (Å²) in [6.07, 6.45) is 2.84. The van der Waals surface area contributed by atoms with Gasteiger partial charge in [0.25, 0.3) is 5.91 Å². The summed E-state index contributed by atoms with van der Waals surface area (Å²) in [4.78, 5) is 17.4. The summed E-state index contributed by atoms with van der Waals surface area (Å²) in [6.45, 7) is 6.89. The highest BCUT2D eigenvalue weighted by Gasteiger charge is 2.44. The molecule has 0 aliphatic carbocycles. The third-order valence-corrected chi connectivity index (χ3v) is 4.81. The zero-order valence-corrected chi connectivity index (χ0v) is 14.9. The van der Waals surface area contributed by atoms with E-state index in [4.69, 9.17) is 14.2 Å². The van der Waals surface area contributed by atoms with Crippen molar-refractivity contribution >= 4 is 5.91 Å². The molecule has 25 heavy (non-hydrogen) atoms. The van der Waals surface area contributed by atoms with Crippen LogP contribution in [0.4, 0.5) is 0 Å². The fourth-order valence-corrected chi connectivity index (χ4v) is 3.34. The number of pyridine rings is 1. The molecule has 3 heterocycles. The van der Waals surface area contributed by atoms with Gasteiger partial charge in [0.15, 0.2) is 5.60 Å². The highest BCUT2D eigenvalue weighted by atomic mass is 16.5. The summed E-state index contributed by atoms with van der Waals surface area (Å²) in [7, 11) is 0. The second-order valence-electron chi connectivity index (χ2n) is 6.54. The van der Waals surface area contributed by atoms with Gasteiger partial charge in [0.2, 0.25) is 0 Å². The summed E-state index contributed by atoms with van der Waals surface area (Å²) in [5, 5.41) is 6.39. The monoisotopic (exact) mass is 349 g/mol. The number of hydrogen-bond acceptors (Lipinski definition) is 6. The summed E-state index contributed by atoms with van der Waals surface area (Å²) in [5.74, 6) is 0.557. The van der Waals surface area contributed by atoms with E-state index in [1.54, 1.807) is 6.20 Å². The van der Waals surface area contributed by atoms with Gasteiger partial charge in [0.1, 0.15) is 11.9 Å². The average Bonchev–Trinajstić information content (AvgIpc) is 3.05. The van der Waals surface area contributed by atoms with Crippen LogP contribution in [0.1, 0.15) is 25.5 Å². The second-order valence-corrected chi connectivity index (χ2v) is 6.54. The molecular formula is C18H27N3O4. The molecule has 2 fully saturated rings. The van der Waals surface area contributed by atoms with Crippen LogP contribution in [0, 0.1) is 6.92 Å². The Morgan fingerprint density at radius 1 is 1.44 bits per heavy atom. The minimum absolute atomic E-state index is 0.0996. The first-order chi connectivity index (χ1) is 12.1. The van der Waals surface area contributed by atoms with Gasteiger partial charge in [0, 0.05) is 25.6 Å². The number of carbonyl (C=O) groups is 1. The molecule has 138 valence electrons. The fraction of sp³-hybridized carbons (Fsp3) is 0.667.